The van der Waals surface area contributed by atoms with Crippen molar-refractivity contribution in [2.45, 2.75) is 32.5 Å². The molecule has 4 atom stereocenters. The van der Waals surface area contributed by atoms with Crippen LogP contribution in [0.15, 0.2) is 0 Å². The van der Waals surface area contributed by atoms with Crippen molar-refractivity contribution >= 4 is 5.78 Å². The van der Waals surface area contributed by atoms with Gasteiger partial charge in [-0.05, 0) is 12.8 Å². The van der Waals surface area contributed by atoms with Crippen molar-refractivity contribution in [1.29, 1.82) is 0 Å². The second-order valence-corrected chi connectivity index (χ2v) is 5.33. The van der Waals surface area contributed by atoms with Crippen LogP contribution in [0.25, 0.3) is 0 Å². The van der Waals surface area contributed by atoms with Gasteiger partial charge in [0.2, 0.25) is 5.79 Å². The summed E-state index contributed by atoms with van der Waals surface area (Å²) in [6.45, 7) is 4.93. The largest absolute Gasteiger partial charge is 0.347 e. The predicted octanol–water partition coefficient (Wildman–Crippen LogP) is 1.36. The van der Waals surface area contributed by atoms with E-state index < -0.39 is 5.79 Å². The zero-order valence-electron chi connectivity index (χ0n) is 8.92. The summed E-state index contributed by atoms with van der Waals surface area (Å²) in [6, 6.07) is 0. The first-order valence-electron chi connectivity index (χ1n) is 5.25. The summed E-state index contributed by atoms with van der Waals surface area (Å²) in [7, 11) is 1.59. The zero-order chi connectivity index (χ0) is 10.2. The van der Waals surface area contributed by atoms with Crippen molar-refractivity contribution in [3.8, 4) is 0 Å². The van der Waals surface area contributed by atoms with Crippen LogP contribution in [0.4, 0.5) is 0 Å². The van der Waals surface area contributed by atoms with E-state index in [-0.39, 0.29) is 22.5 Å². The molecule has 0 unspecified atom stereocenters. The van der Waals surface area contributed by atoms with Crippen molar-refractivity contribution in [3.05, 3.63) is 0 Å². The molecule has 0 radical (unpaired) electrons. The van der Waals surface area contributed by atoms with Crippen LogP contribution in [0, 0.1) is 16.7 Å². The minimum atomic E-state index is -0.887. The second-order valence-electron chi connectivity index (χ2n) is 5.33. The lowest BCUT2D eigenvalue weighted by atomic mass is 9.69. The first-order chi connectivity index (χ1) is 6.51. The van der Waals surface area contributed by atoms with Crippen molar-refractivity contribution < 1.29 is 14.3 Å². The SMILES string of the molecule is CO[C@]12OC[C@@]3(C)[C@@H]1CC[C@@]3(C)C2=O. The van der Waals surface area contributed by atoms with E-state index in [2.05, 4.69) is 13.8 Å². The van der Waals surface area contributed by atoms with Gasteiger partial charge in [0.15, 0.2) is 5.78 Å². The first-order valence-corrected chi connectivity index (χ1v) is 5.25. The third kappa shape index (κ3) is 0.551. The molecule has 0 aromatic carbocycles. The van der Waals surface area contributed by atoms with E-state index in [9.17, 15) is 4.79 Å². The van der Waals surface area contributed by atoms with Crippen molar-refractivity contribution in [3.63, 3.8) is 0 Å². The molecule has 0 spiro atoms. The molecule has 3 fully saturated rings. The number of hydrogen-bond acceptors (Lipinski definition) is 3. The molecule has 0 aromatic rings. The fraction of sp³-hybridized carbons (Fsp3) is 0.909. The summed E-state index contributed by atoms with van der Waals surface area (Å²) in [5.74, 6) is -0.433. The van der Waals surface area contributed by atoms with Gasteiger partial charge < -0.3 is 9.47 Å². The maximum atomic E-state index is 12.3. The van der Waals surface area contributed by atoms with Crippen LogP contribution in [-0.2, 0) is 14.3 Å². The third-order valence-electron chi connectivity index (χ3n) is 5.13. The Labute approximate surface area is 83.8 Å². The van der Waals surface area contributed by atoms with Gasteiger partial charge in [0.05, 0.1) is 6.61 Å². The first kappa shape index (κ1) is 8.86. The van der Waals surface area contributed by atoms with E-state index in [1.54, 1.807) is 7.11 Å². The van der Waals surface area contributed by atoms with E-state index >= 15 is 0 Å². The topological polar surface area (TPSA) is 35.5 Å². The Bertz CT molecular complexity index is 326. The van der Waals surface area contributed by atoms with E-state index in [1.165, 1.54) is 0 Å². The highest BCUT2D eigenvalue weighted by atomic mass is 16.7. The molecule has 14 heavy (non-hydrogen) atoms. The standard InChI is InChI=1S/C11H16O3/c1-9-5-4-7-10(9,2)6-14-11(7,13-3)8(9)12/h7H,4-6H2,1-3H3/t7-,9-,10-,11-/m0/s1. The van der Waals surface area contributed by atoms with Crippen LogP contribution in [0.3, 0.4) is 0 Å². The molecule has 1 heterocycles. The van der Waals surface area contributed by atoms with Crippen LogP contribution < -0.4 is 0 Å². The van der Waals surface area contributed by atoms with Gasteiger partial charge in [-0.25, -0.2) is 0 Å². The molecule has 2 aliphatic carbocycles. The number of methoxy groups -OCH3 is 1. The second kappa shape index (κ2) is 2.07. The number of hydrogen-bond donors (Lipinski definition) is 0. The Morgan fingerprint density at radius 2 is 2.21 bits per heavy atom. The average Bonchev–Trinajstić information content (AvgIpc) is 2.65. The molecule has 78 valence electrons. The van der Waals surface area contributed by atoms with E-state index in [1.807, 2.05) is 0 Å². The van der Waals surface area contributed by atoms with Crippen LogP contribution in [0.2, 0.25) is 0 Å². The number of carbonyl (C=O) groups excluding carboxylic acids is 1. The van der Waals surface area contributed by atoms with Crippen LogP contribution in [-0.4, -0.2) is 25.3 Å². The Morgan fingerprint density at radius 3 is 2.64 bits per heavy atom. The zero-order valence-corrected chi connectivity index (χ0v) is 8.92. The van der Waals surface area contributed by atoms with Crippen molar-refractivity contribution in [2.24, 2.45) is 16.7 Å². The normalized spacial score (nSPS) is 59.9. The van der Waals surface area contributed by atoms with Crippen molar-refractivity contribution in [2.75, 3.05) is 13.7 Å². The fourth-order valence-corrected chi connectivity index (χ4v) is 3.92. The van der Waals surface area contributed by atoms with Gasteiger partial charge in [-0.15, -0.1) is 0 Å². The lowest BCUT2D eigenvalue weighted by molar-refractivity contribution is -0.226. The fourth-order valence-electron chi connectivity index (χ4n) is 3.92. The van der Waals surface area contributed by atoms with Crippen LogP contribution in [0.1, 0.15) is 26.7 Å². The Hall–Kier alpha value is -0.410. The van der Waals surface area contributed by atoms with Crippen molar-refractivity contribution in [1.82, 2.24) is 0 Å². The minimum Gasteiger partial charge on any atom is -0.347 e. The van der Waals surface area contributed by atoms with Gasteiger partial charge in [0.25, 0.3) is 0 Å². The summed E-state index contributed by atoms with van der Waals surface area (Å²) in [6.07, 6.45) is 2.06. The molecule has 1 saturated heterocycles. The number of ether oxygens (including phenoxy) is 2. The van der Waals surface area contributed by atoms with Gasteiger partial charge in [-0.2, -0.15) is 0 Å². The summed E-state index contributed by atoms with van der Waals surface area (Å²) in [4.78, 5) is 12.3. The number of ketones is 1. The van der Waals surface area contributed by atoms with Gasteiger partial charge in [-0.3, -0.25) is 4.79 Å². The molecular formula is C11H16O3. The highest BCUT2D eigenvalue weighted by Crippen LogP contribution is 2.72. The number of carbonyl (C=O) groups is 1. The van der Waals surface area contributed by atoms with Gasteiger partial charge in [-0.1, -0.05) is 13.8 Å². The molecule has 3 aliphatic rings. The monoisotopic (exact) mass is 196 g/mol. The Balaban J connectivity index is 2.21. The molecule has 4 bridgehead atoms. The number of rotatable bonds is 1. The molecule has 0 amide bonds. The lowest BCUT2D eigenvalue weighted by Crippen LogP contribution is -2.52. The molecule has 1 aliphatic heterocycles. The molecular weight excluding hydrogens is 180 g/mol. The number of Topliss-reactive ketones (excluding diaryl/α,β-unsaturated/α-hetero) is 1. The third-order valence-corrected chi connectivity index (χ3v) is 5.13. The van der Waals surface area contributed by atoms with E-state index in [4.69, 9.17) is 9.47 Å². The maximum absolute atomic E-state index is 12.3. The smallest absolute Gasteiger partial charge is 0.232 e. The Kier molecular flexibility index (Phi) is 1.31. The molecule has 3 heteroatoms. The van der Waals surface area contributed by atoms with Gasteiger partial charge in [0.1, 0.15) is 0 Å². The lowest BCUT2D eigenvalue weighted by Gasteiger charge is -2.39. The molecule has 3 nitrogen and oxygen atoms in total. The van der Waals surface area contributed by atoms with Crippen LogP contribution >= 0.6 is 0 Å². The summed E-state index contributed by atoms with van der Waals surface area (Å²) < 4.78 is 11.0. The summed E-state index contributed by atoms with van der Waals surface area (Å²) in [5.41, 5.74) is -0.188. The van der Waals surface area contributed by atoms with Crippen LogP contribution in [0.5, 0.6) is 0 Å². The minimum absolute atomic E-state index is 0.0140. The molecule has 0 aromatic heterocycles. The molecule has 0 N–H and O–H groups in total. The predicted molar refractivity (Wildman–Crippen MR) is 49.6 cm³/mol. The molecule has 2 saturated carbocycles. The average molecular weight is 196 g/mol. The summed E-state index contributed by atoms with van der Waals surface area (Å²) in [5, 5.41) is 0. The molecule has 3 rings (SSSR count). The van der Waals surface area contributed by atoms with E-state index in [0.717, 1.165) is 12.8 Å². The van der Waals surface area contributed by atoms with E-state index in [0.29, 0.717) is 6.61 Å². The highest BCUT2D eigenvalue weighted by Gasteiger charge is 2.80. The quantitative estimate of drug-likeness (QED) is 0.635. The maximum Gasteiger partial charge on any atom is 0.232 e. The highest BCUT2D eigenvalue weighted by molar-refractivity contribution is 5.97. The Morgan fingerprint density at radius 1 is 1.50 bits per heavy atom. The summed E-state index contributed by atoms with van der Waals surface area (Å²) >= 11 is 0. The van der Waals surface area contributed by atoms with Gasteiger partial charge >= 0.3 is 0 Å². The van der Waals surface area contributed by atoms with Gasteiger partial charge in [0, 0.05) is 23.9 Å².